The van der Waals surface area contributed by atoms with Gasteiger partial charge in [-0.2, -0.15) is 0 Å². The molecule has 6 rings (SSSR count). The first kappa shape index (κ1) is 20.4. The molecule has 0 aliphatic heterocycles. The van der Waals surface area contributed by atoms with E-state index in [1.807, 2.05) is 36.4 Å². The highest BCUT2D eigenvalue weighted by Crippen LogP contribution is 2.35. The quantitative estimate of drug-likeness (QED) is 0.355. The van der Waals surface area contributed by atoms with Gasteiger partial charge in [0, 0.05) is 17.0 Å². The van der Waals surface area contributed by atoms with Crippen LogP contribution >= 0.6 is 23.1 Å². The SMILES string of the molecule is O=c1[nH]c(CSc2nnc(Cc3ccccc3)n2-c2ccccc2)nc2sc3c(c12)CCC3. The van der Waals surface area contributed by atoms with Gasteiger partial charge in [0.2, 0.25) is 0 Å². The summed E-state index contributed by atoms with van der Waals surface area (Å²) >= 11 is 3.20. The number of nitrogens with one attached hydrogen (secondary N) is 1. The fourth-order valence-corrected chi connectivity index (χ4v) is 6.49. The van der Waals surface area contributed by atoms with E-state index >= 15 is 0 Å². The Labute approximate surface area is 198 Å². The second kappa shape index (κ2) is 8.61. The summed E-state index contributed by atoms with van der Waals surface area (Å²) in [6.07, 6.45) is 3.86. The second-order valence-corrected chi connectivity index (χ2v) is 10.1. The van der Waals surface area contributed by atoms with Gasteiger partial charge >= 0.3 is 0 Å². The third-order valence-corrected chi connectivity index (χ3v) is 8.01. The molecule has 3 heterocycles. The van der Waals surface area contributed by atoms with Crippen LogP contribution in [0.3, 0.4) is 0 Å². The van der Waals surface area contributed by atoms with Crippen LogP contribution in [-0.2, 0) is 25.0 Å². The molecule has 8 heteroatoms. The maximum atomic E-state index is 12.8. The third-order valence-electron chi connectivity index (χ3n) is 5.88. The molecule has 0 saturated carbocycles. The fourth-order valence-electron chi connectivity index (χ4n) is 4.37. The molecule has 0 atom stereocenters. The van der Waals surface area contributed by atoms with Crippen LogP contribution in [0.4, 0.5) is 0 Å². The number of fused-ring (bicyclic) bond motifs is 3. The Balaban J connectivity index is 1.32. The molecule has 1 N–H and O–H groups in total. The summed E-state index contributed by atoms with van der Waals surface area (Å²) in [5, 5.41) is 10.6. The van der Waals surface area contributed by atoms with Crippen molar-refractivity contribution in [1.29, 1.82) is 0 Å². The van der Waals surface area contributed by atoms with Crippen LogP contribution in [0.25, 0.3) is 15.9 Å². The molecule has 0 unspecified atom stereocenters. The number of nitrogens with zero attached hydrogens (tertiary/aromatic N) is 4. The fraction of sp³-hybridized carbons (Fsp3) is 0.200. The standard InChI is InChI=1S/C25H21N5OS2/c31-23-22-18-12-7-13-19(18)33-24(22)27-20(26-23)15-32-25-29-28-21(14-16-8-3-1-4-9-16)30(25)17-10-5-2-6-11-17/h1-6,8-11H,7,12-15H2,(H,26,27,31). The van der Waals surface area contributed by atoms with E-state index in [2.05, 4.69) is 44.0 Å². The van der Waals surface area contributed by atoms with Gasteiger partial charge in [-0.15, -0.1) is 21.5 Å². The lowest BCUT2D eigenvalue weighted by Gasteiger charge is -2.10. The Morgan fingerprint density at radius 3 is 2.61 bits per heavy atom. The Kier molecular flexibility index (Phi) is 5.32. The van der Waals surface area contributed by atoms with Crippen LogP contribution < -0.4 is 5.56 Å². The highest BCUT2D eigenvalue weighted by molar-refractivity contribution is 7.98. The highest BCUT2D eigenvalue weighted by Gasteiger charge is 2.21. The zero-order valence-electron chi connectivity index (χ0n) is 17.8. The van der Waals surface area contributed by atoms with Crippen molar-refractivity contribution in [3.8, 4) is 5.69 Å². The van der Waals surface area contributed by atoms with Crippen molar-refractivity contribution in [3.05, 3.63) is 98.7 Å². The second-order valence-electron chi connectivity index (χ2n) is 8.07. The van der Waals surface area contributed by atoms with Crippen molar-refractivity contribution in [3.63, 3.8) is 0 Å². The van der Waals surface area contributed by atoms with Crippen LogP contribution in [0.5, 0.6) is 0 Å². The third kappa shape index (κ3) is 3.89. The minimum atomic E-state index is -0.0238. The smallest absolute Gasteiger partial charge is 0.259 e. The summed E-state index contributed by atoms with van der Waals surface area (Å²) in [4.78, 5) is 22.8. The first-order valence-corrected chi connectivity index (χ1v) is 12.8. The molecule has 0 radical (unpaired) electrons. The maximum Gasteiger partial charge on any atom is 0.259 e. The van der Waals surface area contributed by atoms with Crippen molar-refractivity contribution in [2.45, 2.75) is 36.6 Å². The number of para-hydroxylation sites is 1. The summed E-state index contributed by atoms with van der Waals surface area (Å²) in [6, 6.07) is 20.4. The van der Waals surface area contributed by atoms with Crippen molar-refractivity contribution >= 4 is 33.3 Å². The first-order valence-electron chi connectivity index (χ1n) is 11.0. The van der Waals surface area contributed by atoms with E-state index in [0.29, 0.717) is 18.0 Å². The molecule has 33 heavy (non-hydrogen) atoms. The Hall–Kier alpha value is -3.23. The van der Waals surface area contributed by atoms with Crippen LogP contribution in [0.15, 0.2) is 70.6 Å². The van der Waals surface area contributed by atoms with E-state index in [4.69, 9.17) is 4.98 Å². The number of benzene rings is 2. The number of aromatic nitrogens is 5. The number of hydrogen-bond acceptors (Lipinski definition) is 6. The van der Waals surface area contributed by atoms with E-state index in [0.717, 1.165) is 46.1 Å². The number of aromatic amines is 1. The topological polar surface area (TPSA) is 76.5 Å². The molecule has 0 fully saturated rings. The first-order chi connectivity index (χ1) is 16.3. The maximum absolute atomic E-state index is 12.8. The number of rotatable bonds is 6. The lowest BCUT2D eigenvalue weighted by atomic mass is 10.1. The molecule has 2 aromatic carbocycles. The number of thiophene rings is 1. The van der Waals surface area contributed by atoms with Gasteiger partial charge < -0.3 is 4.98 Å². The molecule has 0 bridgehead atoms. The van der Waals surface area contributed by atoms with Gasteiger partial charge in [0.05, 0.1) is 11.1 Å². The molecule has 3 aromatic heterocycles. The number of hydrogen-bond donors (Lipinski definition) is 1. The van der Waals surface area contributed by atoms with Crippen molar-refractivity contribution in [1.82, 2.24) is 24.7 Å². The van der Waals surface area contributed by atoms with Crippen molar-refractivity contribution < 1.29 is 0 Å². The molecule has 0 spiro atoms. The minimum Gasteiger partial charge on any atom is -0.309 e. The number of aryl methyl sites for hydroxylation is 2. The molecule has 5 aromatic rings. The van der Waals surface area contributed by atoms with E-state index in [1.54, 1.807) is 11.3 Å². The van der Waals surface area contributed by atoms with Crippen molar-refractivity contribution in [2.24, 2.45) is 0 Å². The summed E-state index contributed by atoms with van der Waals surface area (Å²) in [6.45, 7) is 0. The Morgan fingerprint density at radius 2 is 1.79 bits per heavy atom. The zero-order chi connectivity index (χ0) is 22.2. The van der Waals surface area contributed by atoms with Crippen LogP contribution in [0.2, 0.25) is 0 Å². The summed E-state index contributed by atoms with van der Waals surface area (Å²) < 4.78 is 2.09. The van der Waals surface area contributed by atoms with Crippen LogP contribution in [-0.4, -0.2) is 24.7 Å². The molecule has 164 valence electrons. The van der Waals surface area contributed by atoms with Gasteiger partial charge in [0.25, 0.3) is 5.56 Å². The Bertz CT molecular complexity index is 1490. The van der Waals surface area contributed by atoms with Crippen molar-refractivity contribution in [2.75, 3.05) is 0 Å². The van der Waals surface area contributed by atoms with Gasteiger partial charge in [-0.3, -0.25) is 9.36 Å². The molecule has 0 amide bonds. The largest absolute Gasteiger partial charge is 0.309 e. The van der Waals surface area contributed by atoms with E-state index in [-0.39, 0.29) is 5.56 Å². The van der Waals surface area contributed by atoms with Gasteiger partial charge in [-0.25, -0.2) is 4.98 Å². The highest BCUT2D eigenvalue weighted by atomic mass is 32.2. The normalized spacial score (nSPS) is 13.0. The summed E-state index contributed by atoms with van der Waals surface area (Å²) in [5.41, 5.74) is 3.38. The summed E-state index contributed by atoms with van der Waals surface area (Å²) in [7, 11) is 0. The predicted octanol–water partition coefficient (Wildman–Crippen LogP) is 4.94. The van der Waals surface area contributed by atoms with E-state index < -0.39 is 0 Å². The lowest BCUT2D eigenvalue weighted by Crippen LogP contribution is -2.11. The molecular weight excluding hydrogens is 450 g/mol. The van der Waals surface area contributed by atoms with Gasteiger partial charge in [0.15, 0.2) is 5.16 Å². The lowest BCUT2D eigenvalue weighted by molar-refractivity contribution is 0.846. The van der Waals surface area contributed by atoms with E-state index in [1.165, 1.54) is 27.8 Å². The molecule has 1 aliphatic carbocycles. The number of thioether (sulfide) groups is 1. The molecule has 0 saturated heterocycles. The molecule has 6 nitrogen and oxygen atoms in total. The molecule has 1 aliphatic rings. The predicted molar refractivity (Wildman–Crippen MR) is 132 cm³/mol. The monoisotopic (exact) mass is 471 g/mol. The minimum absolute atomic E-state index is 0.0238. The van der Waals surface area contributed by atoms with E-state index in [9.17, 15) is 4.79 Å². The van der Waals surface area contributed by atoms with Gasteiger partial charge in [-0.05, 0) is 42.5 Å². The van der Waals surface area contributed by atoms with Crippen LogP contribution in [0, 0.1) is 0 Å². The Morgan fingerprint density at radius 1 is 1.00 bits per heavy atom. The van der Waals surface area contributed by atoms with Gasteiger partial charge in [-0.1, -0.05) is 60.3 Å². The molecular formula is C25H21N5OS2. The average Bonchev–Trinajstić information content (AvgIpc) is 3.53. The van der Waals surface area contributed by atoms with Crippen LogP contribution in [0.1, 0.15) is 34.1 Å². The van der Waals surface area contributed by atoms with Gasteiger partial charge in [0.1, 0.15) is 16.5 Å². The summed E-state index contributed by atoms with van der Waals surface area (Å²) in [5.74, 6) is 2.07. The zero-order valence-corrected chi connectivity index (χ0v) is 19.5. The average molecular weight is 472 g/mol. The number of H-pyrrole nitrogens is 1.